The summed E-state index contributed by atoms with van der Waals surface area (Å²) in [5.41, 5.74) is 0.507. The van der Waals surface area contributed by atoms with Crippen LogP contribution in [0.15, 0.2) is 24.3 Å². The third-order valence-electron chi connectivity index (χ3n) is 4.06. The summed E-state index contributed by atoms with van der Waals surface area (Å²) < 4.78 is 29.5. The standard InChI is InChI=1S/C17H24F2N2O2.ClH/c1-2-11-21(14-7-9-20-10-8-14)16(22)12-13-5-3-4-6-15(13)23-17(18)19;/h3-6,14,17,20H,2,7-12H2,1H3;1H. The number of alkyl halides is 2. The van der Waals surface area contributed by atoms with Crippen LogP contribution in [0.1, 0.15) is 31.7 Å². The van der Waals surface area contributed by atoms with Crippen molar-refractivity contribution in [3.05, 3.63) is 29.8 Å². The first-order chi connectivity index (χ1) is 11.1. The van der Waals surface area contributed by atoms with Gasteiger partial charge in [0.05, 0.1) is 6.42 Å². The van der Waals surface area contributed by atoms with Crippen LogP contribution in [-0.2, 0) is 11.2 Å². The Morgan fingerprint density at radius 1 is 1.33 bits per heavy atom. The van der Waals surface area contributed by atoms with Crippen LogP contribution < -0.4 is 10.1 Å². The molecule has 136 valence electrons. The molecule has 0 spiro atoms. The van der Waals surface area contributed by atoms with E-state index >= 15 is 0 Å². The van der Waals surface area contributed by atoms with Gasteiger partial charge in [-0.15, -0.1) is 12.4 Å². The van der Waals surface area contributed by atoms with Crippen molar-refractivity contribution in [2.45, 2.75) is 45.3 Å². The van der Waals surface area contributed by atoms with Gasteiger partial charge in [-0.05, 0) is 38.4 Å². The minimum atomic E-state index is -2.89. The maximum atomic E-state index is 12.7. The van der Waals surface area contributed by atoms with Gasteiger partial charge in [-0.25, -0.2) is 0 Å². The molecule has 7 heteroatoms. The molecule has 1 amide bonds. The summed E-state index contributed by atoms with van der Waals surface area (Å²) in [5, 5.41) is 3.29. The topological polar surface area (TPSA) is 41.6 Å². The lowest BCUT2D eigenvalue weighted by Gasteiger charge is -2.34. The van der Waals surface area contributed by atoms with Crippen molar-refractivity contribution in [1.82, 2.24) is 10.2 Å². The molecule has 1 N–H and O–H groups in total. The molecule has 4 nitrogen and oxygen atoms in total. The van der Waals surface area contributed by atoms with Crippen molar-refractivity contribution in [3.8, 4) is 5.75 Å². The number of rotatable bonds is 7. The van der Waals surface area contributed by atoms with Gasteiger partial charge in [0.1, 0.15) is 5.75 Å². The number of carbonyl (C=O) groups is 1. The molecule has 1 heterocycles. The van der Waals surface area contributed by atoms with Gasteiger partial charge in [-0.1, -0.05) is 25.1 Å². The number of hydrogen-bond acceptors (Lipinski definition) is 3. The zero-order valence-corrected chi connectivity index (χ0v) is 14.7. The Morgan fingerprint density at radius 3 is 2.62 bits per heavy atom. The minimum absolute atomic E-state index is 0. The summed E-state index contributed by atoms with van der Waals surface area (Å²) in [4.78, 5) is 14.6. The Labute approximate surface area is 148 Å². The molecule has 0 saturated carbocycles. The lowest BCUT2D eigenvalue weighted by atomic mass is 10.0. The van der Waals surface area contributed by atoms with Crippen molar-refractivity contribution in [2.75, 3.05) is 19.6 Å². The Balaban J connectivity index is 0.00000288. The molecule has 2 rings (SSSR count). The quantitative estimate of drug-likeness (QED) is 0.809. The SMILES string of the molecule is CCCN(C(=O)Cc1ccccc1OC(F)F)C1CCNCC1.Cl. The number of nitrogens with one attached hydrogen (secondary N) is 1. The van der Waals surface area contributed by atoms with Crippen molar-refractivity contribution >= 4 is 18.3 Å². The van der Waals surface area contributed by atoms with Gasteiger partial charge in [-0.2, -0.15) is 8.78 Å². The Hall–Kier alpha value is -1.40. The first-order valence-electron chi connectivity index (χ1n) is 8.14. The monoisotopic (exact) mass is 362 g/mol. The van der Waals surface area contributed by atoms with Crippen LogP contribution in [-0.4, -0.2) is 43.1 Å². The highest BCUT2D eigenvalue weighted by Gasteiger charge is 2.25. The van der Waals surface area contributed by atoms with Crippen LogP contribution in [0.3, 0.4) is 0 Å². The van der Waals surface area contributed by atoms with Crippen LogP contribution in [0, 0.1) is 0 Å². The lowest BCUT2D eigenvalue weighted by molar-refractivity contribution is -0.133. The maximum Gasteiger partial charge on any atom is 0.387 e. The number of carbonyl (C=O) groups excluding carboxylic acids is 1. The Kier molecular flexibility index (Phi) is 9.00. The number of hydrogen-bond donors (Lipinski definition) is 1. The van der Waals surface area contributed by atoms with Crippen molar-refractivity contribution in [1.29, 1.82) is 0 Å². The molecule has 0 radical (unpaired) electrons. The van der Waals surface area contributed by atoms with E-state index in [4.69, 9.17) is 0 Å². The second kappa shape index (κ2) is 10.5. The largest absolute Gasteiger partial charge is 0.435 e. The van der Waals surface area contributed by atoms with Crippen molar-refractivity contribution < 1.29 is 18.3 Å². The predicted molar refractivity (Wildman–Crippen MR) is 91.9 cm³/mol. The van der Waals surface area contributed by atoms with E-state index in [1.807, 2.05) is 11.8 Å². The summed E-state index contributed by atoms with van der Waals surface area (Å²) in [7, 11) is 0. The molecule has 0 aliphatic carbocycles. The fraction of sp³-hybridized carbons (Fsp3) is 0.588. The molecular weight excluding hydrogens is 338 g/mol. The van der Waals surface area contributed by atoms with Gasteiger partial charge in [0.15, 0.2) is 0 Å². The molecular formula is C17H25ClF2N2O2. The van der Waals surface area contributed by atoms with Crippen molar-refractivity contribution in [3.63, 3.8) is 0 Å². The zero-order chi connectivity index (χ0) is 16.7. The summed E-state index contributed by atoms with van der Waals surface area (Å²) in [6.45, 7) is 1.66. The van der Waals surface area contributed by atoms with E-state index in [1.165, 1.54) is 6.07 Å². The molecule has 1 aliphatic rings. The molecule has 0 atom stereocenters. The van der Waals surface area contributed by atoms with Gasteiger partial charge in [0.25, 0.3) is 0 Å². The molecule has 0 bridgehead atoms. The van der Waals surface area contributed by atoms with E-state index in [-0.39, 0.29) is 36.5 Å². The van der Waals surface area contributed by atoms with E-state index < -0.39 is 6.61 Å². The van der Waals surface area contributed by atoms with Gasteiger partial charge in [0, 0.05) is 18.2 Å². The summed E-state index contributed by atoms with van der Waals surface area (Å²) in [5.74, 6) is 0.0571. The van der Waals surface area contributed by atoms with E-state index in [1.54, 1.807) is 18.2 Å². The Bertz CT molecular complexity index is 511. The highest BCUT2D eigenvalue weighted by molar-refractivity contribution is 5.85. The number of halogens is 3. The van der Waals surface area contributed by atoms with E-state index in [0.717, 1.165) is 32.4 Å². The van der Waals surface area contributed by atoms with Gasteiger partial charge in [-0.3, -0.25) is 4.79 Å². The number of piperidine rings is 1. The number of amides is 1. The predicted octanol–water partition coefficient (Wildman–Crippen LogP) is 3.24. The zero-order valence-electron chi connectivity index (χ0n) is 13.8. The normalized spacial score (nSPS) is 15.0. The number of para-hydroxylation sites is 1. The van der Waals surface area contributed by atoms with Gasteiger partial charge >= 0.3 is 6.61 Å². The number of nitrogens with zero attached hydrogens (tertiary/aromatic N) is 1. The molecule has 1 aromatic rings. The van der Waals surface area contributed by atoms with E-state index in [0.29, 0.717) is 12.1 Å². The lowest BCUT2D eigenvalue weighted by Crippen LogP contribution is -2.47. The minimum Gasteiger partial charge on any atom is -0.435 e. The van der Waals surface area contributed by atoms with E-state index in [9.17, 15) is 13.6 Å². The highest BCUT2D eigenvalue weighted by Crippen LogP contribution is 2.22. The number of benzene rings is 1. The number of ether oxygens (including phenoxy) is 1. The molecule has 24 heavy (non-hydrogen) atoms. The van der Waals surface area contributed by atoms with Crippen molar-refractivity contribution in [2.24, 2.45) is 0 Å². The maximum absolute atomic E-state index is 12.7. The average molecular weight is 363 g/mol. The molecule has 1 aliphatic heterocycles. The fourth-order valence-corrected chi connectivity index (χ4v) is 3.00. The van der Waals surface area contributed by atoms with Gasteiger partial charge < -0.3 is 15.0 Å². The third-order valence-corrected chi connectivity index (χ3v) is 4.06. The first kappa shape index (κ1) is 20.6. The summed E-state index contributed by atoms with van der Waals surface area (Å²) in [6, 6.07) is 6.73. The Morgan fingerprint density at radius 2 is 2.00 bits per heavy atom. The summed E-state index contributed by atoms with van der Waals surface area (Å²) in [6.07, 6.45) is 2.83. The van der Waals surface area contributed by atoms with Crippen LogP contribution in [0.5, 0.6) is 5.75 Å². The van der Waals surface area contributed by atoms with Crippen LogP contribution >= 0.6 is 12.4 Å². The average Bonchev–Trinajstić information content (AvgIpc) is 2.54. The molecule has 1 saturated heterocycles. The van der Waals surface area contributed by atoms with Crippen LogP contribution in [0.4, 0.5) is 8.78 Å². The highest BCUT2D eigenvalue weighted by atomic mass is 35.5. The molecule has 1 aromatic carbocycles. The molecule has 1 fully saturated rings. The first-order valence-corrected chi connectivity index (χ1v) is 8.14. The van der Waals surface area contributed by atoms with Crippen LogP contribution in [0.25, 0.3) is 0 Å². The second-order valence-corrected chi connectivity index (χ2v) is 5.73. The van der Waals surface area contributed by atoms with E-state index in [2.05, 4.69) is 10.1 Å². The summed E-state index contributed by atoms with van der Waals surface area (Å²) >= 11 is 0. The second-order valence-electron chi connectivity index (χ2n) is 5.73. The fourth-order valence-electron chi connectivity index (χ4n) is 3.00. The van der Waals surface area contributed by atoms with Crippen LogP contribution in [0.2, 0.25) is 0 Å². The van der Waals surface area contributed by atoms with Gasteiger partial charge in [0.2, 0.25) is 5.91 Å². The molecule has 0 aromatic heterocycles. The smallest absolute Gasteiger partial charge is 0.387 e. The third kappa shape index (κ3) is 5.91. The molecule has 0 unspecified atom stereocenters.